The van der Waals surface area contributed by atoms with Gasteiger partial charge in [-0.3, -0.25) is 0 Å². The largest absolute Gasteiger partial charge is 0.462 e. The minimum atomic E-state index is -7.96. The van der Waals surface area contributed by atoms with Gasteiger partial charge in [0.1, 0.15) is 0 Å². The Morgan fingerprint density at radius 3 is 1.55 bits per heavy atom. The Hall–Kier alpha value is -1.74. The molecule has 0 aliphatic carbocycles. The summed E-state index contributed by atoms with van der Waals surface area (Å²) in [6, 6.07) is 0. The van der Waals surface area contributed by atoms with E-state index < -0.39 is 67.0 Å². The average molecular weight is 462 g/mol. The van der Waals surface area contributed by atoms with E-state index in [9.17, 15) is 61.9 Å². The Bertz CT molecular complexity index is 610. The summed E-state index contributed by atoms with van der Waals surface area (Å²) in [6.45, 7) is 0.614. The molecule has 0 N–H and O–H groups in total. The van der Waals surface area contributed by atoms with Crippen molar-refractivity contribution in [3.05, 3.63) is 12.2 Å². The van der Waals surface area contributed by atoms with Gasteiger partial charge in [-0.1, -0.05) is 6.58 Å². The third-order valence-electron chi connectivity index (χ3n) is 3.25. The molecule has 0 unspecified atom stereocenters. The number of rotatable bonds is 10. The molecule has 0 aromatic heterocycles. The molecule has 0 aromatic rings. The monoisotopic (exact) mass is 462 g/mol. The Balaban J connectivity index is 5.66. The second kappa shape index (κ2) is 8.18. The first-order valence-electron chi connectivity index (χ1n) is 6.91. The SMILES string of the molecule is C=C(COC)C(=O)OCCC(F)(F)C(F)(F)C(F)(F)C(F)(F)C(F)(F)C(F)(F)F. The van der Waals surface area contributed by atoms with E-state index in [0.29, 0.717) is 0 Å². The van der Waals surface area contributed by atoms with E-state index in [4.69, 9.17) is 0 Å². The van der Waals surface area contributed by atoms with Gasteiger partial charge in [0.05, 0.1) is 25.2 Å². The molecule has 0 rings (SSSR count). The molecule has 0 heterocycles. The van der Waals surface area contributed by atoms with Gasteiger partial charge >= 0.3 is 41.8 Å². The Labute approximate surface area is 153 Å². The van der Waals surface area contributed by atoms with Gasteiger partial charge in [0.2, 0.25) is 0 Å². The third-order valence-corrected chi connectivity index (χ3v) is 3.25. The molecular weight excluding hydrogens is 451 g/mol. The first-order chi connectivity index (χ1) is 12.6. The van der Waals surface area contributed by atoms with E-state index in [1.54, 1.807) is 0 Å². The number of hydrogen-bond acceptors (Lipinski definition) is 3. The van der Waals surface area contributed by atoms with Gasteiger partial charge in [0.15, 0.2) is 0 Å². The highest BCUT2D eigenvalue weighted by Gasteiger charge is 2.90. The fourth-order valence-corrected chi connectivity index (χ4v) is 1.57. The lowest BCUT2D eigenvalue weighted by atomic mass is 9.93. The van der Waals surface area contributed by atoms with Crippen LogP contribution < -0.4 is 0 Å². The highest BCUT2D eigenvalue weighted by atomic mass is 19.4. The highest BCUT2D eigenvalue weighted by Crippen LogP contribution is 2.60. The molecule has 0 atom stereocenters. The van der Waals surface area contributed by atoms with E-state index in [2.05, 4.69) is 16.1 Å². The zero-order valence-corrected chi connectivity index (χ0v) is 14.0. The number of methoxy groups -OCH3 is 1. The number of carbonyl (C=O) groups is 1. The Morgan fingerprint density at radius 1 is 0.759 bits per heavy atom. The zero-order chi connectivity index (χ0) is 23.7. The van der Waals surface area contributed by atoms with Crippen LogP contribution in [0.15, 0.2) is 12.2 Å². The molecule has 0 saturated heterocycles. The van der Waals surface area contributed by atoms with Crippen LogP contribution in [0.4, 0.5) is 57.1 Å². The summed E-state index contributed by atoms with van der Waals surface area (Å²) in [5.41, 5.74) is -0.566. The van der Waals surface area contributed by atoms with Gasteiger partial charge in [-0.05, 0) is 0 Å². The average Bonchev–Trinajstić information content (AvgIpc) is 2.52. The maximum Gasteiger partial charge on any atom is 0.460 e. The highest BCUT2D eigenvalue weighted by molar-refractivity contribution is 5.87. The number of alkyl halides is 13. The molecule has 0 fully saturated rings. The molecule has 0 aliphatic heterocycles. The van der Waals surface area contributed by atoms with Crippen molar-refractivity contribution in [3.63, 3.8) is 0 Å². The number of ether oxygens (including phenoxy) is 2. The summed E-state index contributed by atoms with van der Waals surface area (Å²) < 4.78 is 175. The minimum absolute atomic E-state index is 0.539. The summed E-state index contributed by atoms with van der Waals surface area (Å²) in [5.74, 6) is -38.9. The van der Waals surface area contributed by atoms with Gasteiger partial charge in [-0.15, -0.1) is 0 Å². The molecule has 0 amide bonds. The zero-order valence-electron chi connectivity index (χ0n) is 14.0. The third kappa shape index (κ3) is 4.71. The van der Waals surface area contributed by atoms with E-state index >= 15 is 0 Å². The molecule has 16 heteroatoms. The fourth-order valence-electron chi connectivity index (χ4n) is 1.57. The van der Waals surface area contributed by atoms with Crippen molar-refractivity contribution in [1.82, 2.24) is 0 Å². The summed E-state index contributed by atoms with van der Waals surface area (Å²) in [7, 11) is 1.03. The van der Waals surface area contributed by atoms with Crippen molar-refractivity contribution in [2.45, 2.75) is 42.2 Å². The van der Waals surface area contributed by atoms with Crippen LogP contribution in [0.3, 0.4) is 0 Å². The number of esters is 1. The maximum atomic E-state index is 13.4. The lowest BCUT2D eigenvalue weighted by Gasteiger charge is -2.39. The first kappa shape index (κ1) is 27.3. The molecule has 0 radical (unpaired) electrons. The second-order valence-corrected chi connectivity index (χ2v) is 5.42. The molecular formula is C13H11F13O3. The molecule has 3 nitrogen and oxygen atoms in total. The van der Waals surface area contributed by atoms with Crippen LogP contribution in [0, 0.1) is 0 Å². The Kier molecular flexibility index (Phi) is 7.69. The topological polar surface area (TPSA) is 35.5 Å². The van der Waals surface area contributed by atoms with E-state index in [1.165, 1.54) is 0 Å². The summed E-state index contributed by atoms with van der Waals surface area (Å²) in [4.78, 5) is 11.1. The van der Waals surface area contributed by atoms with Crippen molar-refractivity contribution >= 4 is 5.97 Å². The van der Waals surface area contributed by atoms with Gasteiger partial charge in [-0.2, -0.15) is 57.1 Å². The van der Waals surface area contributed by atoms with Crippen molar-refractivity contribution < 1.29 is 71.3 Å². The lowest BCUT2D eigenvalue weighted by molar-refractivity contribution is -0.440. The second-order valence-electron chi connectivity index (χ2n) is 5.42. The fraction of sp³-hybridized carbons (Fsp3) is 0.769. The minimum Gasteiger partial charge on any atom is -0.462 e. The van der Waals surface area contributed by atoms with Crippen LogP contribution in [0.5, 0.6) is 0 Å². The molecule has 29 heavy (non-hydrogen) atoms. The first-order valence-corrected chi connectivity index (χ1v) is 6.91. The normalized spacial score (nSPS) is 14.7. The lowest BCUT2D eigenvalue weighted by Crippen LogP contribution is -2.70. The van der Waals surface area contributed by atoms with Crippen LogP contribution >= 0.6 is 0 Å². The smallest absolute Gasteiger partial charge is 0.460 e. The molecule has 0 aliphatic rings. The van der Waals surface area contributed by atoms with Crippen molar-refractivity contribution in [2.75, 3.05) is 20.3 Å². The number of carbonyl (C=O) groups excluding carboxylic acids is 1. The van der Waals surface area contributed by atoms with Crippen molar-refractivity contribution in [1.29, 1.82) is 0 Å². The molecule has 0 saturated carbocycles. The predicted octanol–water partition coefficient (Wildman–Crippen LogP) is 4.86. The molecule has 0 spiro atoms. The van der Waals surface area contributed by atoms with Crippen LogP contribution in [0.2, 0.25) is 0 Å². The molecule has 0 bridgehead atoms. The number of halogens is 13. The summed E-state index contributed by atoms with van der Waals surface area (Å²) in [5, 5.41) is 0. The number of hydrogen-bond donors (Lipinski definition) is 0. The van der Waals surface area contributed by atoms with Gasteiger partial charge in [0, 0.05) is 7.11 Å². The van der Waals surface area contributed by atoms with Crippen molar-refractivity contribution in [3.8, 4) is 0 Å². The molecule has 0 aromatic carbocycles. The van der Waals surface area contributed by atoms with Crippen LogP contribution in [0.1, 0.15) is 6.42 Å². The summed E-state index contributed by atoms with van der Waals surface area (Å²) in [6.07, 6.45) is -10.1. The van der Waals surface area contributed by atoms with Crippen LogP contribution in [-0.4, -0.2) is 62.1 Å². The van der Waals surface area contributed by atoms with E-state index in [-0.39, 0.29) is 0 Å². The summed E-state index contributed by atoms with van der Waals surface area (Å²) >= 11 is 0. The van der Waals surface area contributed by atoms with Gasteiger partial charge in [0.25, 0.3) is 0 Å². The van der Waals surface area contributed by atoms with Crippen molar-refractivity contribution in [2.24, 2.45) is 0 Å². The standard InChI is InChI=1S/C13H11F13O3/c1-6(5-28-2)7(27)29-4-3-8(14,15)9(16,17)10(18,19)11(20,21)12(22,23)13(24,25)26/h1,3-5H2,2H3. The predicted molar refractivity (Wildman–Crippen MR) is 67.4 cm³/mol. The van der Waals surface area contributed by atoms with E-state index in [0.717, 1.165) is 7.11 Å². The van der Waals surface area contributed by atoms with Crippen LogP contribution in [-0.2, 0) is 14.3 Å². The van der Waals surface area contributed by atoms with Gasteiger partial charge < -0.3 is 9.47 Å². The van der Waals surface area contributed by atoms with E-state index in [1.807, 2.05) is 0 Å². The Morgan fingerprint density at radius 2 is 1.17 bits per heavy atom. The van der Waals surface area contributed by atoms with Gasteiger partial charge in [-0.25, -0.2) is 4.79 Å². The molecule has 172 valence electrons. The quantitative estimate of drug-likeness (QED) is 0.264. The maximum absolute atomic E-state index is 13.4. The van der Waals surface area contributed by atoms with Crippen LogP contribution in [0.25, 0.3) is 0 Å².